The Balaban J connectivity index is 2.83. The minimum Gasteiger partial charge on any atom is -0.380 e. The highest BCUT2D eigenvalue weighted by Crippen LogP contribution is 2.12. The first-order chi connectivity index (χ1) is 7.47. The fourth-order valence-corrected chi connectivity index (χ4v) is 2.24. The summed E-state index contributed by atoms with van der Waals surface area (Å²) < 4.78 is 43.7. The highest BCUT2D eigenvalue weighted by molar-refractivity contribution is 7.89. The number of nitrogens with one attached hydrogen (secondary N) is 1. The van der Waals surface area contributed by atoms with Crippen molar-refractivity contribution < 1.29 is 17.5 Å². The SMILES string of the molecule is COC(C)CNS(=O)(=O)c1ccccc1F. The normalized spacial score (nSPS) is 13.7. The topological polar surface area (TPSA) is 55.4 Å². The molecule has 1 aromatic rings. The van der Waals surface area contributed by atoms with E-state index >= 15 is 0 Å². The molecular formula is C10H14FNO3S. The van der Waals surface area contributed by atoms with Crippen molar-refractivity contribution in [2.75, 3.05) is 13.7 Å². The lowest BCUT2D eigenvalue weighted by atomic mass is 10.4. The van der Waals surface area contributed by atoms with Gasteiger partial charge in [-0.1, -0.05) is 12.1 Å². The standard InChI is InChI=1S/C10H14FNO3S/c1-8(15-2)7-12-16(13,14)10-6-4-3-5-9(10)11/h3-6,8,12H,7H2,1-2H3. The van der Waals surface area contributed by atoms with Crippen LogP contribution in [0.2, 0.25) is 0 Å². The van der Waals surface area contributed by atoms with E-state index in [9.17, 15) is 12.8 Å². The average Bonchev–Trinajstić information content (AvgIpc) is 2.26. The molecule has 1 N–H and O–H groups in total. The van der Waals surface area contributed by atoms with Gasteiger partial charge in [-0.15, -0.1) is 0 Å². The summed E-state index contributed by atoms with van der Waals surface area (Å²) in [4.78, 5) is -0.349. The Bertz CT molecular complexity index is 447. The van der Waals surface area contributed by atoms with Crippen molar-refractivity contribution in [3.8, 4) is 0 Å². The second kappa shape index (κ2) is 5.38. The first-order valence-electron chi connectivity index (χ1n) is 4.74. The number of ether oxygens (including phenoxy) is 1. The van der Waals surface area contributed by atoms with Crippen LogP contribution in [-0.4, -0.2) is 28.2 Å². The van der Waals surface area contributed by atoms with Gasteiger partial charge in [-0.05, 0) is 19.1 Å². The quantitative estimate of drug-likeness (QED) is 0.849. The summed E-state index contributed by atoms with van der Waals surface area (Å²) in [5.74, 6) is -0.764. The summed E-state index contributed by atoms with van der Waals surface area (Å²) in [5.41, 5.74) is 0. The van der Waals surface area contributed by atoms with Crippen LogP contribution in [0.15, 0.2) is 29.2 Å². The zero-order valence-electron chi connectivity index (χ0n) is 9.10. The second-order valence-electron chi connectivity index (χ2n) is 3.33. The summed E-state index contributed by atoms with van der Waals surface area (Å²) in [6, 6.07) is 5.23. The molecule has 0 aliphatic carbocycles. The lowest BCUT2D eigenvalue weighted by molar-refractivity contribution is 0.122. The van der Waals surface area contributed by atoms with Gasteiger partial charge in [-0.3, -0.25) is 0 Å². The summed E-state index contributed by atoms with van der Waals surface area (Å²) in [7, 11) is -2.33. The Morgan fingerprint density at radius 2 is 2.06 bits per heavy atom. The maximum Gasteiger partial charge on any atom is 0.243 e. The molecule has 1 rings (SSSR count). The van der Waals surface area contributed by atoms with Gasteiger partial charge in [0.1, 0.15) is 10.7 Å². The van der Waals surface area contributed by atoms with Crippen molar-refractivity contribution in [3.63, 3.8) is 0 Å². The van der Waals surface area contributed by atoms with E-state index in [1.807, 2.05) is 0 Å². The Hall–Kier alpha value is -0.980. The van der Waals surface area contributed by atoms with E-state index in [0.29, 0.717) is 0 Å². The molecule has 1 unspecified atom stereocenters. The zero-order chi connectivity index (χ0) is 12.2. The zero-order valence-corrected chi connectivity index (χ0v) is 9.92. The van der Waals surface area contributed by atoms with Gasteiger partial charge in [0, 0.05) is 13.7 Å². The molecule has 6 heteroatoms. The maximum absolute atomic E-state index is 13.2. The second-order valence-corrected chi connectivity index (χ2v) is 5.06. The van der Waals surface area contributed by atoms with Crippen molar-refractivity contribution in [2.45, 2.75) is 17.9 Å². The molecule has 1 aromatic carbocycles. The molecule has 16 heavy (non-hydrogen) atoms. The number of halogens is 1. The summed E-state index contributed by atoms with van der Waals surface area (Å²) in [5, 5.41) is 0. The first-order valence-corrected chi connectivity index (χ1v) is 6.22. The van der Waals surface area contributed by atoms with Gasteiger partial charge in [0.2, 0.25) is 10.0 Å². The molecule has 0 radical (unpaired) electrons. The number of hydrogen-bond acceptors (Lipinski definition) is 3. The molecule has 0 saturated heterocycles. The van der Waals surface area contributed by atoms with Crippen LogP contribution in [0.5, 0.6) is 0 Å². The summed E-state index contributed by atoms with van der Waals surface area (Å²) in [6.45, 7) is 1.82. The van der Waals surface area contributed by atoms with E-state index in [4.69, 9.17) is 4.74 Å². The monoisotopic (exact) mass is 247 g/mol. The molecule has 0 aliphatic rings. The van der Waals surface area contributed by atoms with Gasteiger partial charge in [0.15, 0.2) is 0 Å². The van der Waals surface area contributed by atoms with Gasteiger partial charge < -0.3 is 4.74 Å². The van der Waals surface area contributed by atoms with Crippen LogP contribution in [0.1, 0.15) is 6.92 Å². The third-order valence-electron chi connectivity index (χ3n) is 2.09. The number of sulfonamides is 1. The Kier molecular flexibility index (Phi) is 4.40. The van der Waals surface area contributed by atoms with Crippen LogP contribution in [0.4, 0.5) is 4.39 Å². The largest absolute Gasteiger partial charge is 0.380 e. The molecule has 0 saturated carbocycles. The fraction of sp³-hybridized carbons (Fsp3) is 0.400. The van der Waals surface area contributed by atoms with Crippen molar-refractivity contribution in [3.05, 3.63) is 30.1 Å². The first kappa shape index (κ1) is 13.1. The van der Waals surface area contributed by atoms with Crippen LogP contribution in [-0.2, 0) is 14.8 Å². The fourth-order valence-electron chi connectivity index (χ4n) is 1.05. The maximum atomic E-state index is 13.2. The third-order valence-corrected chi connectivity index (χ3v) is 3.55. The average molecular weight is 247 g/mol. The van der Waals surface area contributed by atoms with E-state index in [1.54, 1.807) is 6.92 Å². The van der Waals surface area contributed by atoms with E-state index in [2.05, 4.69) is 4.72 Å². The number of hydrogen-bond donors (Lipinski definition) is 1. The Morgan fingerprint density at radius 3 is 2.62 bits per heavy atom. The van der Waals surface area contributed by atoms with Gasteiger partial charge in [-0.2, -0.15) is 0 Å². The molecule has 0 aliphatic heterocycles. The van der Waals surface area contributed by atoms with Gasteiger partial charge in [0.25, 0.3) is 0 Å². The number of methoxy groups -OCH3 is 1. The van der Waals surface area contributed by atoms with E-state index < -0.39 is 15.8 Å². The molecule has 0 bridgehead atoms. The van der Waals surface area contributed by atoms with Crippen molar-refractivity contribution in [1.29, 1.82) is 0 Å². The molecule has 0 spiro atoms. The molecule has 0 aromatic heterocycles. The molecule has 0 fully saturated rings. The molecular weight excluding hydrogens is 233 g/mol. The highest BCUT2D eigenvalue weighted by Gasteiger charge is 2.18. The third kappa shape index (κ3) is 3.26. The molecule has 1 atom stereocenters. The molecule has 0 amide bonds. The lowest BCUT2D eigenvalue weighted by Gasteiger charge is -2.11. The molecule has 4 nitrogen and oxygen atoms in total. The van der Waals surface area contributed by atoms with Gasteiger partial charge in [-0.25, -0.2) is 17.5 Å². The van der Waals surface area contributed by atoms with Crippen LogP contribution in [0.25, 0.3) is 0 Å². The molecule has 90 valence electrons. The summed E-state index contributed by atoms with van der Waals surface area (Å²) in [6.07, 6.45) is -0.262. The van der Waals surface area contributed by atoms with Crippen LogP contribution in [0.3, 0.4) is 0 Å². The van der Waals surface area contributed by atoms with Gasteiger partial charge >= 0.3 is 0 Å². The smallest absolute Gasteiger partial charge is 0.243 e. The van der Waals surface area contributed by atoms with E-state index in [-0.39, 0.29) is 17.5 Å². The van der Waals surface area contributed by atoms with Gasteiger partial charge in [0.05, 0.1) is 6.10 Å². The van der Waals surface area contributed by atoms with Crippen molar-refractivity contribution >= 4 is 10.0 Å². The Morgan fingerprint density at radius 1 is 1.44 bits per heavy atom. The van der Waals surface area contributed by atoms with Crippen LogP contribution < -0.4 is 4.72 Å². The molecule has 0 heterocycles. The van der Waals surface area contributed by atoms with Crippen LogP contribution >= 0.6 is 0 Å². The number of benzene rings is 1. The predicted octanol–water partition coefficient (Wildman–Crippen LogP) is 1.14. The van der Waals surface area contributed by atoms with Crippen LogP contribution in [0, 0.1) is 5.82 Å². The summed E-state index contributed by atoms with van der Waals surface area (Å²) >= 11 is 0. The van der Waals surface area contributed by atoms with Crippen molar-refractivity contribution in [2.24, 2.45) is 0 Å². The minimum absolute atomic E-state index is 0.104. The predicted molar refractivity (Wildman–Crippen MR) is 58.1 cm³/mol. The lowest BCUT2D eigenvalue weighted by Crippen LogP contribution is -2.32. The minimum atomic E-state index is -3.80. The highest BCUT2D eigenvalue weighted by atomic mass is 32.2. The van der Waals surface area contributed by atoms with Crippen molar-refractivity contribution in [1.82, 2.24) is 4.72 Å². The van der Waals surface area contributed by atoms with E-state index in [0.717, 1.165) is 6.07 Å². The van der Waals surface area contributed by atoms with E-state index in [1.165, 1.54) is 25.3 Å². The Labute approximate surface area is 94.5 Å². The number of rotatable bonds is 5.